The highest BCUT2D eigenvalue weighted by Gasteiger charge is 2.13. The molecule has 1 rings (SSSR count). The first-order valence-corrected chi connectivity index (χ1v) is 6.01. The van der Waals surface area contributed by atoms with Gasteiger partial charge in [-0.25, -0.2) is 0 Å². The summed E-state index contributed by atoms with van der Waals surface area (Å²) in [4.78, 5) is 14.1. The van der Waals surface area contributed by atoms with Crippen LogP contribution in [0.5, 0.6) is 0 Å². The van der Waals surface area contributed by atoms with E-state index < -0.39 is 5.97 Å². The van der Waals surface area contributed by atoms with Gasteiger partial charge in [-0.15, -0.1) is 0 Å². The molecule has 3 heteroatoms. The molecule has 0 atom stereocenters. The molecule has 0 unspecified atom stereocenters. The zero-order chi connectivity index (χ0) is 12.1. The standard InChI is InChI=1S/C13H21NO2/c1-4-6-12-10(7-8-13(15)16)9(3)11(5-2)14-12/h14H,4-8H2,1-3H3,(H,15,16). The quantitative estimate of drug-likeness (QED) is 0.779. The summed E-state index contributed by atoms with van der Waals surface area (Å²) in [5, 5.41) is 8.74. The molecule has 1 aromatic rings. The van der Waals surface area contributed by atoms with E-state index >= 15 is 0 Å². The third-order valence-electron chi connectivity index (χ3n) is 3.01. The Kier molecular flexibility index (Phi) is 4.59. The number of hydrogen-bond acceptors (Lipinski definition) is 1. The number of H-pyrrole nitrogens is 1. The molecule has 16 heavy (non-hydrogen) atoms. The molecule has 0 spiro atoms. The van der Waals surface area contributed by atoms with Crippen molar-refractivity contribution in [2.45, 2.75) is 52.9 Å². The first kappa shape index (κ1) is 12.8. The number of rotatable bonds is 6. The summed E-state index contributed by atoms with van der Waals surface area (Å²) >= 11 is 0. The van der Waals surface area contributed by atoms with Gasteiger partial charge in [0.15, 0.2) is 0 Å². The van der Waals surface area contributed by atoms with Gasteiger partial charge in [-0.1, -0.05) is 20.3 Å². The van der Waals surface area contributed by atoms with Crippen LogP contribution in [0.3, 0.4) is 0 Å². The van der Waals surface area contributed by atoms with Gasteiger partial charge in [0, 0.05) is 17.8 Å². The molecular formula is C13H21NO2. The lowest BCUT2D eigenvalue weighted by Gasteiger charge is -2.02. The van der Waals surface area contributed by atoms with Crippen molar-refractivity contribution in [2.24, 2.45) is 0 Å². The van der Waals surface area contributed by atoms with Crippen LogP contribution in [-0.2, 0) is 24.1 Å². The van der Waals surface area contributed by atoms with Crippen molar-refractivity contribution in [1.29, 1.82) is 0 Å². The molecule has 0 aromatic carbocycles. The highest BCUT2D eigenvalue weighted by atomic mass is 16.4. The van der Waals surface area contributed by atoms with Crippen LogP contribution in [0.4, 0.5) is 0 Å². The van der Waals surface area contributed by atoms with Crippen LogP contribution in [-0.4, -0.2) is 16.1 Å². The van der Waals surface area contributed by atoms with Gasteiger partial charge in [0.25, 0.3) is 0 Å². The average molecular weight is 223 g/mol. The van der Waals surface area contributed by atoms with Crippen LogP contribution in [0.2, 0.25) is 0 Å². The molecule has 0 radical (unpaired) electrons. The van der Waals surface area contributed by atoms with Gasteiger partial charge in [0.05, 0.1) is 0 Å². The minimum atomic E-state index is -0.721. The Hall–Kier alpha value is -1.25. The Morgan fingerprint density at radius 2 is 1.94 bits per heavy atom. The summed E-state index contributed by atoms with van der Waals surface area (Å²) < 4.78 is 0. The molecule has 0 saturated heterocycles. The lowest BCUT2D eigenvalue weighted by atomic mass is 10.0. The fraction of sp³-hybridized carbons (Fsp3) is 0.615. The number of carboxylic acid groups (broad SMARTS) is 1. The van der Waals surface area contributed by atoms with E-state index in [1.165, 1.54) is 22.5 Å². The monoisotopic (exact) mass is 223 g/mol. The maximum Gasteiger partial charge on any atom is 0.303 e. The number of nitrogens with one attached hydrogen (secondary N) is 1. The van der Waals surface area contributed by atoms with E-state index in [0.717, 1.165) is 19.3 Å². The highest BCUT2D eigenvalue weighted by molar-refractivity contribution is 5.67. The van der Waals surface area contributed by atoms with Gasteiger partial charge in [-0.05, 0) is 37.3 Å². The molecule has 0 aliphatic heterocycles. The first-order chi connectivity index (χ1) is 7.60. The maximum atomic E-state index is 10.6. The molecule has 0 fully saturated rings. The summed E-state index contributed by atoms with van der Waals surface area (Å²) in [7, 11) is 0. The normalized spacial score (nSPS) is 10.7. The smallest absolute Gasteiger partial charge is 0.303 e. The van der Waals surface area contributed by atoms with Crippen molar-refractivity contribution >= 4 is 5.97 Å². The number of aliphatic carboxylic acids is 1. The van der Waals surface area contributed by atoms with Gasteiger partial charge in [-0.2, -0.15) is 0 Å². The fourth-order valence-corrected chi connectivity index (χ4v) is 2.15. The van der Waals surface area contributed by atoms with Crippen LogP contribution < -0.4 is 0 Å². The Labute approximate surface area is 96.9 Å². The van der Waals surface area contributed by atoms with Crippen LogP contribution in [0.1, 0.15) is 49.2 Å². The minimum absolute atomic E-state index is 0.221. The number of carboxylic acids is 1. The summed E-state index contributed by atoms with van der Waals surface area (Å²) in [5.74, 6) is -0.721. The van der Waals surface area contributed by atoms with Crippen molar-refractivity contribution < 1.29 is 9.90 Å². The van der Waals surface area contributed by atoms with E-state index in [-0.39, 0.29) is 6.42 Å². The molecule has 0 aliphatic rings. The zero-order valence-corrected chi connectivity index (χ0v) is 10.4. The maximum absolute atomic E-state index is 10.6. The molecule has 3 nitrogen and oxygen atoms in total. The van der Waals surface area contributed by atoms with Gasteiger partial charge >= 0.3 is 5.97 Å². The molecule has 0 amide bonds. The van der Waals surface area contributed by atoms with Crippen molar-refractivity contribution in [2.75, 3.05) is 0 Å². The van der Waals surface area contributed by atoms with Crippen LogP contribution in [0.25, 0.3) is 0 Å². The third-order valence-corrected chi connectivity index (χ3v) is 3.01. The Balaban J connectivity index is 2.93. The predicted octanol–water partition coefficient (Wildman–Crippen LogP) is 2.86. The topological polar surface area (TPSA) is 53.1 Å². The largest absolute Gasteiger partial charge is 0.481 e. The van der Waals surface area contributed by atoms with Gasteiger partial charge in [-0.3, -0.25) is 4.79 Å². The Morgan fingerprint density at radius 1 is 1.25 bits per heavy atom. The summed E-state index contributed by atoms with van der Waals surface area (Å²) in [6, 6.07) is 0. The summed E-state index contributed by atoms with van der Waals surface area (Å²) in [6.45, 7) is 6.35. The van der Waals surface area contributed by atoms with Crippen molar-refractivity contribution in [3.05, 3.63) is 22.5 Å². The summed E-state index contributed by atoms with van der Waals surface area (Å²) in [6.07, 6.45) is 3.94. The van der Waals surface area contributed by atoms with E-state index in [4.69, 9.17) is 5.11 Å². The Morgan fingerprint density at radius 3 is 2.44 bits per heavy atom. The third kappa shape index (κ3) is 2.87. The molecular weight excluding hydrogens is 202 g/mol. The highest BCUT2D eigenvalue weighted by Crippen LogP contribution is 2.21. The van der Waals surface area contributed by atoms with Crippen molar-refractivity contribution in [1.82, 2.24) is 4.98 Å². The number of hydrogen-bond donors (Lipinski definition) is 2. The molecule has 90 valence electrons. The van der Waals surface area contributed by atoms with Crippen molar-refractivity contribution in [3.8, 4) is 0 Å². The molecule has 0 saturated carbocycles. The molecule has 0 bridgehead atoms. The van der Waals surface area contributed by atoms with Gasteiger partial charge in [0.1, 0.15) is 0 Å². The van der Waals surface area contributed by atoms with Gasteiger partial charge in [0.2, 0.25) is 0 Å². The van der Waals surface area contributed by atoms with Crippen LogP contribution in [0.15, 0.2) is 0 Å². The average Bonchev–Trinajstić information content (AvgIpc) is 2.53. The van der Waals surface area contributed by atoms with E-state index in [1.54, 1.807) is 0 Å². The number of aromatic nitrogens is 1. The van der Waals surface area contributed by atoms with E-state index in [1.807, 2.05) is 0 Å². The van der Waals surface area contributed by atoms with Crippen LogP contribution >= 0.6 is 0 Å². The van der Waals surface area contributed by atoms with E-state index in [2.05, 4.69) is 25.8 Å². The number of carbonyl (C=O) groups is 1. The second-order valence-electron chi connectivity index (χ2n) is 4.18. The molecule has 1 heterocycles. The minimum Gasteiger partial charge on any atom is -0.481 e. The first-order valence-electron chi connectivity index (χ1n) is 6.01. The van der Waals surface area contributed by atoms with E-state index in [0.29, 0.717) is 6.42 Å². The predicted molar refractivity (Wildman–Crippen MR) is 64.9 cm³/mol. The lowest BCUT2D eigenvalue weighted by Crippen LogP contribution is -2.00. The molecule has 1 aromatic heterocycles. The molecule has 2 N–H and O–H groups in total. The SMILES string of the molecule is CCCc1[nH]c(CC)c(C)c1CCC(=O)O. The second-order valence-corrected chi connectivity index (χ2v) is 4.18. The summed E-state index contributed by atoms with van der Waals surface area (Å²) in [5.41, 5.74) is 4.97. The second kappa shape index (κ2) is 5.73. The fourth-order valence-electron chi connectivity index (χ4n) is 2.15. The van der Waals surface area contributed by atoms with Crippen LogP contribution in [0, 0.1) is 6.92 Å². The van der Waals surface area contributed by atoms with Crippen molar-refractivity contribution in [3.63, 3.8) is 0 Å². The Bertz CT molecular complexity index is 366. The number of aryl methyl sites for hydroxylation is 2. The lowest BCUT2D eigenvalue weighted by molar-refractivity contribution is -0.136. The van der Waals surface area contributed by atoms with Gasteiger partial charge < -0.3 is 10.1 Å². The van der Waals surface area contributed by atoms with E-state index in [9.17, 15) is 4.79 Å². The zero-order valence-electron chi connectivity index (χ0n) is 10.4. The number of aromatic amines is 1. The molecule has 0 aliphatic carbocycles.